The second kappa shape index (κ2) is 15.8. The molecule has 2 heterocycles. The Kier molecular flexibility index (Phi) is 12.1. The van der Waals surface area contributed by atoms with Crippen LogP contribution in [0, 0.1) is 0 Å². The first-order valence-corrected chi connectivity index (χ1v) is 16.9. The minimum Gasteiger partial charge on any atom is -0.483 e. The summed E-state index contributed by atoms with van der Waals surface area (Å²) in [7, 11) is 0. The maximum Gasteiger partial charge on any atom is 0.258 e. The zero-order valence-corrected chi connectivity index (χ0v) is 28.9. The first-order valence-electron chi connectivity index (χ1n) is 15.9. The summed E-state index contributed by atoms with van der Waals surface area (Å²) in [4.78, 5) is 57.8. The Morgan fingerprint density at radius 3 is 2.52 bits per heavy atom. The predicted octanol–water partition coefficient (Wildman–Crippen LogP) is 2.13. The molecule has 12 nitrogen and oxygen atoms in total. The van der Waals surface area contributed by atoms with Gasteiger partial charge in [0, 0.05) is 52.5 Å². The maximum atomic E-state index is 13.9. The van der Waals surface area contributed by atoms with Gasteiger partial charge in [-0.3, -0.25) is 24.2 Å². The molecule has 0 bridgehead atoms. The van der Waals surface area contributed by atoms with Gasteiger partial charge >= 0.3 is 0 Å². The van der Waals surface area contributed by atoms with Gasteiger partial charge in [-0.2, -0.15) is 0 Å². The molecule has 48 heavy (non-hydrogen) atoms. The molecular formula is C35H46N6O6S. The van der Waals surface area contributed by atoms with Crippen molar-refractivity contribution in [1.82, 2.24) is 25.8 Å². The van der Waals surface area contributed by atoms with Gasteiger partial charge in [-0.15, -0.1) is 11.8 Å². The van der Waals surface area contributed by atoms with E-state index in [0.29, 0.717) is 5.75 Å². The largest absolute Gasteiger partial charge is 0.483 e. The van der Waals surface area contributed by atoms with E-state index in [1.165, 1.54) is 16.7 Å². The number of carbonyl (C=O) groups is 4. The van der Waals surface area contributed by atoms with Crippen LogP contribution in [0.25, 0.3) is 10.8 Å². The molecule has 4 rings (SSSR count). The zero-order valence-electron chi connectivity index (χ0n) is 28.1. The van der Waals surface area contributed by atoms with Crippen LogP contribution < -0.4 is 26.4 Å². The number of benzene rings is 2. The monoisotopic (exact) mass is 678 g/mol. The quantitative estimate of drug-likeness (QED) is 0.171. The number of carbonyl (C=O) groups excluding carboxylic acids is 4. The molecule has 1 fully saturated rings. The molecule has 258 valence electrons. The summed E-state index contributed by atoms with van der Waals surface area (Å²) in [5.74, 6) is -1.25. The second-order valence-electron chi connectivity index (χ2n) is 13.6. The molecule has 0 aliphatic carbocycles. The van der Waals surface area contributed by atoms with Gasteiger partial charge in [0.2, 0.25) is 11.8 Å². The van der Waals surface area contributed by atoms with Crippen LogP contribution in [0.5, 0.6) is 5.75 Å². The number of rotatable bonds is 14. The Labute approximate surface area is 285 Å². The van der Waals surface area contributed by atoms with E-state index in [4.69, 9.17) is 10.5 Å². The van der Waals surface area contributed by atoms with E-state index in [-0.39, 0.29) is 37.8 Å². The molecule has 0 unspecified atom stereocenters. The molecule has 1 aliphatic rings. The molecule has 1 aromatic heterocycles. The van der Waals surface area contributed by atoms with Crippen molar-refractivity contribution in [3.05, 3.63) is 72.6 Å². The number of nitrogens with zero attached hydrogens (tertiary/aromatic N) is 2. The van der Waals surface area contributed by atoms with Crippen LogP contribution in [-0.4, -0.2) is 92.2 Å². The first kappa shape index (κ1) is 36.6. The van der Waals surface area contributed by atoms with E-state index in [9.17, 15) is 24.3 Å². The van der Waals surface area contributed by atoms with Crippen molar-refractivity contribution in [2.24, 2.45) is 5.73 Å². The lowest BCUT2D eigenvalue weighted by molar-refractivity contribution is -0.147. The van der Waals surface area contributed by atoms with Gasteiger partial charge in [0.05, 0.1) is 11.9 Å². The number of amides is 4. The van der Waals surface area contributed by atoms with Gasteiger partial charge in [0.15, 0.2) is 6.61 Å². The smallest absolute Gasteiger partial charge is 0.258 e. The Bertz CT molecular complexity index is 1590. The fraction of sp³-hybridized carbons (Fsp3) is 0.457. The van der Waals surface area contributed by atoms with E-state index >= 15 is 0 Å². The Morgan fingerprint density at radius 2 is 1.83 bits per heavy atom. The lowest BCUT2D eigenvalue weighted by Gasteiger charge is -2.35. The van der Waals surface area contributed by atoms with Crippen molar-refractivity contribution in [3.63, 3.8) is 0 Å². The van der Waals surface area contributed by atoms with Crippen LogP contribution >= 0.6 is 11.8 Å². The summed E-state index contributed by atoms with van der Waals surface area (Å²) >= 11 is 1.47. The number of pyridine rings is 1. The van der Waals surface area contributed by atoms with Crippen LogP contribution in [0.4, 0.5) is 0 Å². The molecule has 0 spiro atoms. The predicted molar refractivity (Wildman–Crippen MR) is 186 cm³/mol. The molecule has 6 N–H and O–H groups in total. The molecule has 1 saturated heterocycles. The standard InChI is InChI=1S/C35H46N6O6S/c1-34(2,3)40-32(45)31-35(4,5)48-21-41(31)33(46)30(44)26(16-22-10-7-6-8-11-22)38-19-24(17-28(36)42)39-29(43)20-47-27-13-9-12-23-18-37-15-14-25(23)27/h6-15,18,24,26,30-31,38,44H,16-17,19-21H2,1-5H3,(H2,36,42)(H,39,43)(H,40,45)/t24-,26-,30-,31+/m0/s1. The highest BCUT2D eigenvalue weighted by Crippen LogP contribution is 2.40. The number of ether oxygens (including phenoxy) is 1. The van der Waals surface area contributed by atoms with Gasteiger partial charge in [-0.25, -0.2) is 0 Å². The molecule has 2 aromatic carbocycles. The molecule has 13 heteroatoms. The summed E-state index contributed by atoms with van der Waals surface area (Å²) in [6, 6.07) is 14.2. The zero-order chi connectivity index (χ0) is 35.1. The van der Waals surface area contributed by atoms with Gasteiger partial charge in [-0.1, -0.05) is 42.5 Å². The highest BCUT2D eigenvalue weighted by Gasteiger charge is 2.50. The number of primary amides is 1. The lowest BCUT2D eigenvalue weighted by Crippen LogP contribution is -2.60. The fourth-order valence-electron chi connectivity index (χ4n) is 5.70. The molecule has 3 aromatic rings. The number of hydrogen-bond acceptors (Lipinski definition) is 9. The number of hydrogen-bond donors (Lipinski definition) is 5. The Morgan fingerprint density at radius 1 is 1.10 bits per heavy atom. The van der Waals surface area contributed by atoms with Gasteiger partial charge in [-0.05, 0) is 58.7 Å². The van der Waals surface area contributed by atoms with E-state index < -0.39 is 52.2 Å². The average Bonchev–Trinajstić information content (AvgIpc) is 3.35. The van der Waals surface area contributed by atoms with E-state index in [2.05, 4.69) is 20.9 Å². The van der Waals surface area contributed by atoms with Crippen LogP contribution in [0.2, 0.25) is 0 Å². The second-order valence-corrected chi connectivity index (χ2v) is 15.2. The summed E-state index contributed by atoms with van der Waals surface area (Å²) in [5.41, 5.74) is 5.87. The maximum absolute atomic E-state index is 13.9. The lowest BCUT2D eigenvalue weighted by atomic mass is 9.96. The molecule has 0 saturated carbocycles. The third kappa shape index (κ3) is 9.91. The van der Waals surface area contributed by atoms with Crippen LogP contribution in [-0.2, 0) is 25.6 Å². The average molecular weight is 679 g/mol. The number of thioether (sulfide) groups is 1. The van der Waals surface area contributed by atoms with E-state index in [1.807, 2.05) is 71.0 Å². The topological polar surface area (TPSA) is 176 Å². The molecule has 4 amide bonds. The van der Waals surface area contributed by atoms with Crippen LogP contribution in [0.3, 0.4) is 0 Å². The van der Waals surface area contributed by atoms with Crippen molar-refractivity contribution in [2.75, 3.05) is 19.0 Å². The minimum atomic E-state index is -1.54. The van der Waals surface area contributed by atoms with Gasteiger partial charge < -0.3 is 36.4 Å². The first-order chi connectivity index (χ1) is 22.6. The number of aromatic nitrogens is 1. The van der Waals surface area contributed by atoms with Crippen molar-refractivity contribution in [3.8, 4) is 5.75 Å². The highest BCUT2D eigenvalue weighted by molar-refractivity contribution is 8.00. The third-order valence-corrected chi connectivity index (χ3v) is 9.32. The highest BCUT2D eigenvalue weighted by atomic mass is 32.2. The van der Waals surface area contributed by atoms with Crippen molar-refractivity contribution in [1.29, 1.82) is 0 Å². The van der Waals surface area contributed by atoms with Gasteiger partial charge in [0.25, 0.3) is 11.8 Å². The summed E-state index contributed by atoms with van der Waals surface area (Å²) in [6.45, 7) is 9.13. The Balaban J connectivity index is 1.48. The molecule has 1 aliphatic heterocycles. The SMILES string of the molecule is CC(C)(C)NC(=O)[C@H]1N(C(=O)[C@@H](O)[C@H](Cc2ccccc2)NC[C@H](CC(N)=O)NC(=O)COc2cccc3cnccc23)CSC1(C)C. The van der Waals surface area contributed by atoms with Crippen molar-refractivity contribution < 1.29 is 29.0 Å². The normalized spacial score (nSPS) is 17.7. The summed E-state index contributed by atoms with van der Waals surface area (Å²) in [6.07, 6.45) is 1.87. The number of aliphatic hydroxyl groups is 1. The fourth-order valence-corrected chi connectivity index (χ4v) is 6.84. The molecule has 0 radical (unpaired) electrons. The van der Waals surface area contributed by atoms with E-state index in [1.54, 1.807) is 30.6 Å². The van der Waals surface area contributed by atoms with Crippen molar-refractivity contribution in [2.45, 2.75) is 82.0 Å². The van der Waals surface area contributed by atoms with E-state index in [0.717, 1.165) is 16.3 Å². The van der Waals surface area contributed by atoms with Crippen molar-refractivity contribution >= 4 is 46.2 Å². The molecule has 4 atom stereocenters. The van der Waals surface area contributed by atoms with Crippen LogP contribution in [0.1, 0.15) is 46.6 Å². The number of nitrogens with one attached hydrogen (secondary N) is 3. The van der Waals surface area contributed by atoms with Crippen LogP contribution in [0.15, 0.2) is 67.0 Å². The van der Waals surface area contributed by atoms with Gasteiger partial charge in [0.1, 0.15) is 17.9 Å². The third-order valence-electron chi connectivity index (χ3n) is 7.95. The summed E-state index contributed by atoms with van der Waals surface area (Å²) < 4.78 is 5.20. The number of nitrogens with two attached hydrogens (primary N) is 1. The number of aliphatic hydroxyl groups excluding tert-OH is 1. The summed E-state index contributed by atoms with van der Waals surface area (Å²) in [5, 5.41) is 22.2. The Hall–Kier alpha value is -4.20. The number of fused-ring (bicyclic) bond motifs is 1. The molecular weight excluding hydrogens is 632 g/mol. The minimum absolute atomic E-state index is 0.0185.